The van der Waals surface area contributed by atoms with Gasteiger partial charge < -0.3 is 0 Å². The van der Waals surface area contributed by atoms with E-state index in [0.717, 1.165) is 14.7 Å². The molecule has 0 aliphatic rings. The zero-order valence-corrected chi connectivity index (χ0v) is 13.7. The number of rotatable bonds is 3. The van der Waals surface area contributed by atoms with Gasteiger partial charge in [-0.2, -0.15) is 5.10 Å². The van der Waals surface area contributed by atoms with Crippen molar-refractivity contribution in [3.63, 3.8) is 0 Å². The zero-order chi connectivity index (χ0) is 14.8. The highest BCUT2D eigenvalue weighted by molar-refractivity contribution is 14.1. The van der Waals surface area contributed by atoms with E-state index in [4.69, 9.17) is 11.6 Å². The number of hydrogen-bond acceptors (Lipinski definition) is 2. The zero-order valence-electron chi connectivity index (χ0n) is 10.8. The summed E-state index contributed by atoms with van der Waals surface area (Å²) in [6, 6.07) is 12.6. The molecule has 1 aromatic heterocycles. The predicted octanol–water partition coefficient (Wildman–Crippen LogP) is 4.39. The summed E-state index contributed by atoms with van der Waals surface area (Å²) >= 11 is 8.03. The minimum absolute atomic E-state index is 0.116. The summed E-state index contributed by atoms with van der Waals surface area (Å²) in [6.07, 6.45) is 1.66. The number of benzene rings is 2. The van der Waals surface area contributed by atoms with E-state index in [-0.39, 0.29) is 5.02 Å². The van der Waals surface area contributed by atoms with Gasteiger partial charge in [0, 0.05) is 9.13 Å². The molecule has 0 unspecified atom stereocenters. The van der Waals surface area contributed by atoms with Crippen LogP contribution in [0.25, 0.3) is 11.4 Å². The van der Waals surface area contributed by atoms with Crippen LogP contribution in [0.1, 0.15) is 5.56 Å². The Labute approximate surface area is 139 Å². The normalized spacial score (nSPS) is 10.8. The second kappa shape index (κ2) is 6.11. The van der Waals surface area contributed by atoms with Crippen molar-refractivity contribution in [2.24, 2.45) is 0 Å². The molecular weight excluding hydrogens is 404 g/mol. The first-order chi connectivity index (χ1) is 10.1. The Hall–Kier alpha value is -1.47. The van der Waals surface area contributed by atoms with E-state index in [2.05, 4.69) is 32.7 Å². The van der Waals surface area contributed by atoms with Crippen molar-refractivity contribution in [2.45, 2.75) is 6.54 Å². The third-order valence-electron chi connectivity index (χ3n) is 2.97. The molecule has 0 atom stereocenters. The Morgan fingerprint density at radius 3 is 2.62 bits per heavy atom. The van der Waals surface area contributed by atoms with E-state index >= 15 is 0 Å². The molecule has 0 bridgehead atoms. The maximum atomic E-state index is 13.1. The molecule has 0 N–H and O–H groups in total. The number of halogens is 3. The van der Waals surface area contributed by atoms with Crippen LogP contribution in [0.2, 0.25) is 5.02 Å². The van der Waals surface area contributed by atoms with Crippen LogP contribution in [-0.4, -0.2) is 14.8 Å². The molecule has 6 heteroatoms. The fraction of sp³-hybridized carbons (Fsp3) is 0.0667. The summed E-state index contributed by atoms with van der Waals surface area (Å²) in [5.74, 6) is 0.248. The van der Waals surface area contributed by atoms with Crippen LogP contribution in [0.5, 0.6) is 0 Å². The molecule has 0 spiro atoms. The first-order valence-electron chi connectivity index (χ1n) is 6.21. The standard InChI is InChI=1S/C15H10ClFIN3/c16-13-7-10(1-6-14(13)17)8-21-9-19-15(20-21)11-2-4-12(18)5-3-11/h1-7,9H,8H2. The first-order valence-corrected chi connectivity index (χ1v) is 7.67. The third kappa shape index (κ3) is 3.41. The maximum Gasteiger partial charge on any atom is 0.181 e. The summed E-state index contributed by atoms with van der Waals surface area (Å²) in [6.45, 7) is 0.497. The predicted molar refractivity (Wildman–Crippen MR) is 88.7 cm³/mol. The second-order valence-electron chi connectivity index (χ2n) is 4.52. The quantitative estimate of drug-likeness (QED) is 0.596. The molecule has 106 valence electrons. The Morgan fingerprint density at radius 2 is 1.90 bits per heavy atom. The van der Waals surface area contributed by atoms with Crippen molar-refractivity contribution in [3.05, 3.63) is 68.8 Å². The van der Waals surface area contributed by atoms with Gasteiger partial charge in [0.1, 0.15) is 12.1 Å². The largest absolute Gasteiger partial charge is 0.248 e. The molecule has 0 amide bonds. The van der Waals surface area contributed by atoms with E-state index in [0.29, 0.717) is 12.4 Å². The molecule has 3 rings (SSSR count). The van der Waals surface area contributed by atoms with Gasteiger partial charge in [-0.05, 0) is 52.4 Å². The van der Waals surface area contributed by atoms with E-state index < -0.39 is 5.82 Å². The minimum atomic E-state index is -0.418. The lowest BCUT2D eigenvalue weighted by Gasteiger charge is -2.02. The summed E-state index contributed by atoms with van der Waals surface area (Å²) in [7, 11) is 0. The van der Waals surface area contributed by atoms with Crippen LogP contribution >= 0.6 is 34.2 Å². The van der Waals surface area contributed by atoms with Gasteiger partial charge in [0.05, 0.1) is 11.6 Å². The lowest BCUT2D eigenvalue weighted by Crippen LogP contribution is -2.00. The van der Waals surface area contributed by atoms with Crippen molar-refractivity contribution in [1.82, 2.24) is 14.8 Å². The molecule has 0 aliphatic carbocycles. The molecule has 21 heavy (non-hydrogen) atoms. The van der Waals surface area contributed by atoms with Crippen molar-refractivity contribution < 1.29 is 4.39 Å². The molecular formula is C15H10ClFIN3. The molecule has 0 aliphatic heterocycles. The van der Waals surface area contributed by atoms with Crippen molar-refractivity contribution in [1.29, 1.82) is 0 Å². The Balaban J connectivity index is 1.81. The fourth-order valence-corrected chi connectivity index (χ4v) is 2.49. The lowest BCUT2D eigenvalue weighted by atomic mass is 10.2. The van der Waals surface area contributed by atoms with E-state index in [1.807, 2.05) is 24.3 Å². The Morgan fingerprint density at radius 1 is 1.14 bits per heavy atom. The molecule has 0 saturated carbocycles. The van der Waals surface area contributed by atoms with Gasteiger partial charge >= 0.3 is 0 Å². The highest BCUT2D eigenvalue weighted by Crippen LogP contribution is 2.18. The van der Waals surface area contributed by atoms with Gasteiger partial charge in [0.25, 0.3) is 0 Å². The number of hydrogen-bond donors (Lipinski definition) is 0. The minimum Gasteiger partial charge on any atom is -0.248 e. The molecule has 1 heterocycles. The second-order valence-corrected chi connectivity index (χ2v) is 6.17. The SMILES string of the molecule is Fc1ccc(Cn2cnc(-c3ccc(I)cc3)n2)cc1Cl. The number of nitrogens with zero attached hydrogens (tertiary/aromatic N) is 3. The van der Waals surface area contributed by atoms with Gasteiger partial charge in [-0.1, -0.05) is 29.8 Å². The molecule has 0 fully saturated rings. The van der Waals surface area contributed by atoms with Crippen LogP contribution in [0.4, 0.5) is 4.39 Å². The van der Waals surface area contributed by atoms with E-state index in [9.17, 15) is 4.39 Å². The molecule has 0 saturated heterocycles. The van der Waals surface area contributed by atoms with Gasteiger partial charge in [0.15, 0.2) is 5.82 Å². The van der Waals surface area contributed by atoms with Crippen LogP contribution in [0.15, 0.2) is 48.8 Å². The Kier molecular flexibility index (Phi) is 4.21. The van der Waals surface area contributed by atoms with Crippen molar-refractivity contribution >= 4 is 34.2 Å². The maximum absolute atomic E-state index is 13.1. The van der Waals surface area contributed by atoms with Crippen molar-refractivity contribution in [3.8, 4) is 11.4 Å². The van der Waals surface area contributed by atoms with Gasteiger partial charge in [-0.3, -0.25) is 0 Å². The van der Waals surface area contributed by atoms with Crippen LogP contribution in [0, 0.1) is 9.39 Å². The lowest BCUT2D eigenvalue weighted by molar-refractivity contribution is 0.625. The van der Waals surface area contributed by atoms with Crippen LogP contribution < -0.4 is 0 Å². The molecule has 3 aromatic rings. The summed E-state index contributed by atoms with van der Waals surface area (Å²) in [4.78, 5) is 4.29. The number of aromatic nitrogens is 3. The molecule has 3 nitrogen and oxygen atoms in total. The fourth-order valence-electron chi connectivity index (χ4n) is 1.93. The third-order valence-corrected chi connectivity index (χ3v) is 3.98. The summed E-state index contributed by atoms with van der Waals surface area (Å²) in [5, 5.41) is 4.54. The van der Waals surface area contributed by atoms with Crippen molar-refractivity contribution in [2.75, 3.05) is 0 Å². The van der Waals surface area contributed by atoms with Gasteiger partial charge in [0.2, 0.25) is 0 Å². The van der Waals surface area contributed by atoms with Gasteiger partial charge in [-0.15, -0.1) is 0 Å². The summed E-state index contributed by atoms with van der Waals surface area (Å²) < 4.78 is 16.0. The highest BCUT2D eigenvalue weighted by Gasteiger charge is 2.06. The van der Waals surface area contributed by atoms with Gasteiger partial charge in [-0.25, -0.2) is 14.1 Å². The average Bonchev–Trinajstić information content (AvgIpc) is 2.92. The first kappa shape index (κ1) is 14.5. The monoisotopic (exact) mass is 413 g/mol. The molecule has 0 radical (unpaired) electrons. The van der Waals surface area contributed by atoms with Crippen LogP contribution in [0.3, 0.4) is 0 Å². The Bertz CT molecular complexity index is 771. The van der Waals surface area contributed by atoms with E-state index in [1.54, 1.807) is 23.1 Å². The average molecular weight is 414 g/mol. The van der Waals surface area contributed by atoms with E-state index in [1.165, 1.54) is 6.07 Å². The highest BCUT2D eigenvalue weighted by atomic mass is 127. The topological polar surface area (TPSA) is 30.7 Å². The van der Waals surface area contributed by atoms with Crippen LogP contribution in [-0.2, 0) is 6.54 Å². The molecule has 2 aromatic carbocycles. The summed E-state index contributed by atoms with van der Waals surface area (Å²) in [5.41, 5.74) is 1.84. The smallest absolute Gasteiger partial charge is 0.181 e.